The van der Waals surface area contributed by atoms with Gasteiger partial charge >= 0.3 is 0 Å². The first-order valence-electron chi connectivity index (χ1n) is 8.83. The van der Waals surface area contributed by atoms with Crippen molar-refractivity contribution in [3.05, 3.63) is 30.7 Å². The molecule has 3 heterocycles. The number of aromatic nitrogens is 4. The molecule has 26 heavy (non-hydrogen) atoms. The molecule has 2 aromatic heterocycles. The summed E-state index contributed by atoms with van der Waals surface area (Å²) in [6.45, 7) is 6.78. The zero-order valence-electron chi connectivity index (χ0n) is 15.8. The van der Waals surface area contributed by atoms with Gasteiger partial charge in [-0.3, -0.25) is 19.0 Å². The molecule has 0 aromatic carbocycles. The van der Waals surface area contributed by atoms with Crippen LogP contribution in [0.4, 0.5) is 5.82 Å². The van der Waals surface area contributed by atoms with Gasteiger partial charge in [-0.1, -0.05) is 20.8 Å². The second-order valence-corrected chi connectivity index (χ2v) is 7.85. The molecule has 0 spiro atoms. The van der Waals surface area contributed by atoms with E-state index in [4.69, 9.17) is 0 Å². The Balaban J connectivity index is 1.81. The highest BCUT2D eigenvalue weighted by Gasteiger charge is 2.45. The van der Waals surface area contributed by atoms with Gasteiger partial charge in [-0.15, -0.1) is 0 Å². The Hall–Kier alpha value is -2.64. The standard InChI is InChI=1S/C18H26N6O2/c1-17(2,3)16(26)23-12-7-18(8-13-23,24-10-5-9-19-24)15(25)20-14-6-11-22(4)21-14/h5-6,9-11H,7-8,12-13H2,1-4H3,(H,20,21,25). The summed E-state index contributed by atoms with van der Waals surface area (Å²) in [5.41, 5.74) is -1.25. The number of carbonyl (C=O) groups excluding carboxylic acids is 2. The Labute approximate surface area is 153 Å². The highest BCUT2D eigenvalue weighted by Crippen LogP contribution is 2.33. The number of aryl methyl sites for hydroxylation is 1. The van der Waals surface area contributed by atoms with Crippen LogP contribution in [0.25, 0.3) is 0 Å². The fourth-order valence-corrected chi connectivity index (χ4v) is 3.35. The number of nitrogens with zero attached hydrogens (tertiary/aromatic N) is 5. The Morgan fingerprint density at radius 2 is 1.88 bits per heavy atom. The average Bonchev–Trinajstić information content (AvgIpc) is 3.25. The number of carbonyl (C=O) groups is 2. The van der Waals surface area contributed by atoms with Gasteiger partial charge in [-0.05, 0) is 18.9 Å². The van der Waals surface area contributed by atoms with Crippen molar-refractivity contribution in [1.82, 2.24) is 24.5 Å². The van der Waals surface area contributed by atoms with E-state index in [1.807, 2.05) is 31.7 Å². The van der Waals surface area contributed by atoms with Crippen LogP contribution < -0.4 is 5.32 Å². The van der Waals surface area contributed by atoms with E-state index in [9.17, 15) is 9.59 Å². The van der Waals surface area contributed by atoms with Gasteiger partial charge < -0.3 is 10.2 Å². The Bertz CT molecular complexity index is 779. The van der Waals surface area contributed by atoms with Crippen molar-refractivity contribution in [2.24, 2.45) is 12.5 Å². The lowest BCUT2D eigenvalue weighted by molar-refractivity contribution is -0.144. The summed E-state index contributed by atoms with van der Waals surface area (Å²) in [4.78, 5) is 27.6. The lowest BCUT2D eigenvalue weighted by Crippen LogP contribution is -2.55. The number of rotatable bonds is 3. The van der Waals surface area contributed by atoms with Gasteiger partial charge in [0.1, 0.15) is 5.54 Å². The lowest BCUT2D eigenvalue weighted by Gasteiger charge is -2.42. The lowest BCUT2D eigenvalue weighted by atomic mass is 9.84. The van der Waals surface area contributed by atoms with Crippen molar-refractivity contribution in [2.45, 2.75) is 39.2 Å². The van der Waals surface area contributed by atoms with Gasteiger partial charge in [0.25, 0.3) is 5.91 Å². The second kappa shape index (κ2) is 6.59. The molecule has 0 bridgehead atoms. The van der Waals surface area contributed by atoms with E-state index in [0.29, 0.717) is 31.7 Å². The predicted octanol–water partition coefficient (Wildman–Crippen LogP) is 1.62. The molecule has 0 radical (unpaired) electrons. The fourth-order valence-electron chi connectivity index (χ4n) is 3.35. The van der Waals surface area contributed by atoms with Crippen molar-refractivity contribution in [3.8, 4) is 0 Å². The van der Waals surface area contributed by atoms with E-state index in [1.54, 1.807) is 41.1 Å². The molecule has 140 valence electrons. The molecule has 1 saturated heterocycles. The van der Waals surface area contributed by atoms with Crippen molar-refractivity contribution in [3.63, 3.8) is 0 Å². The first-order valence-corrected chi connectivity index (χ1v) is 8.83. The maximum absolute atomic E-state index is 13.1. The van der Waals surface area contributed by atoms with Gasteiger partial charge in [0.05, 0.1) is 0 Å². The Kier molecular flexibility index (Phi) is 4.60. The van der Waals surface area contributed by atoms with E-state index in [-0.39, 0.29) is 11.8 Å². The molecule has 3 rings (SSSR count). The van der Waals surface area contributed by atoms with Gasteiger partial charge in [-0.25, -0.2) is 0 Å². The number of anilines is 1. The monoisotopic (exact) mass is 358 g/mol. The zero-order chi connectivity index (χ0) is 18.9. The summed E-state index contributed by atoms with van der Waals surface area (Å²) >= 11 is 0. The third-order valence-corrected chi connectivity index (χ3v) is 4.84. The molecular formula is C18H26N6O2. The summed E-state index contributed by atoms with van der Waals surface area (Å²) in [6.07, 6.45) is 6.27. The van der Waals surface area contributed by atoms with Crippen molar-refractivity contribution < 1.29 is 9.59 Å². The van der Waals surface area contributed by atoms with Gasteiger partial charge in [0, 0.05) is 50.2 Å². The van der Waals surface area contributed by atoms with Crippen LogP contribution in [0, 0.1) is 5.41 Å². The predicted molar refractivity (Wildman–Crippen MR) is 97.3 cm³/mol. The molecule has 0 atom stereocenters. The highest BCUT2D eigenvalue weighted by atomic mass is 16.2. The van der Waals surface area contributed by atoms with Gasteiger partial charge in [0.15, 0.2) is 5.82 Å². The second-order valence-electron chi connectivity index (χ2n) is 7.85. The molecule has 0 saturated carbocycles. The van der Waals surface area contributed by atoms with Crippen LogP contribution in [-0.2, 0) is 22.2 Å². The number of piperidine rings is 1. The molecule has 0 aliphatic carbocycles. The molecule has 1 fully saturated rings. The molecule has 1 aliphatic rings. The molecular weight excluding hydrogens is 332 g/mol. The largest absolute Gasteiger partial charge is 0.342 e. The molecule has 0 unspecified atom stereocenters. The smallest absolute Gasteiger partial charge is 0.253 e. The number of hydrogen-bond acceptors (Lipinski definition) is 4. The third kappa shape index (κ3) is 3.36. The summed E-state index contributed by atoms with van der Waals surface area (Å²) in [6, 6.07) is 3.56. The number of likely N-dealkylation sites (tertiary alicyclic amines) is 1. The summed E-state index contributed by atoms with van der Waals surface area (Å²) in [5, 5.41) is 11.5. The third-order valence-electron chi connectivity index (χ3n) is 4.84. The molecule has 8 heteroatoms. The zero-order valence-corrected chi connectivity index (χ0v) is 15.8. The van der Waals surface area contributed by atoms with Crippen LogP contribution >= 0.6 is 0 Å². The molecule has 8 nitrogen and oxygen atoms in total. The van der Waals surface area contributed by atoms with E-state index in [1.165, 1.54) is 0 Å². The van der Waals surface area contributed by atoms with Crippen LogP contribution in [0.1, 0.15) is 33.6 Å². The van der Waals surface area contributed by atoms with E-state index < -0.39 is 11.0 Å². The van der Waals surface area contributed by atoms with Crippen LogP contribution in [0.5, 0.6) is 0 Å². The highest BCUT2D eigenvalue weighted by molar-refractivity contribution is 5.96. The van der Waals surface area contributed by atoms with E-state index in [2.05, 4.69) is 15.5 Å². The van der Waals surface area contributed by atoms with Crippen LogP contribution in [-0.4, -0.2) is 49.4 Å². The fraction of sp³-hybridized carbons (Fsp3) is 0.556. The Morgan fingerprint density at radius 3 is 2.38 bits per heavy atom. The summed E-state index contributed by atoms with van der Waals surface area (Å²) in [7, 11) is 1.80. The first kappa shape index (κ1) is 18.2. The van der Waals surface area contributed by atoms with Crippen LogP contribution in [0.2, 0.25) is 0 Å². The minimum atomic E-state index is -0.824. The van der Waals surface area contributed by atoms with Crippen molar-refractivity contribution >= 4 is 17.6 Å². The van der Waals surface area contributed by atoms with Gasteiger partial charge in [0.2, 0.25) is 5.91 Å². The SMILES string of the molecule is Cn1ccc(NC(=O)C2(n3cccn3)CCN(C(=O)C(C)(C)C)CC2)n1. The molecule has 1 aliphatic heterocycles. The van der Waals surface area contributed by atoms with E-state index in [0.717, 1.165) is 0 Å². The quantitative estimate of drug-likeness (QED) is 0.903. The first-order chi connectivity index (χ1) is 12.2. The maximum Gasteiger partial charge on any atom is 0.253 e. The Morgan fingerprint density at radius 1 is 1.19 bits per heavy atom. The minimum Gasteiger partial charge on any atom is -0.342 e. The normalized spacial score (nSPS) is 17.2. The number of nitrogens with one attached hydrogen (secondary N) is 1. The summed E-state index contributed by atoms with van der Waals surface area (Å²) in [5.74, 6) is 0.469. The topological polar surface area (TPSA) is 85.0 Å². The van der Waals surface area contributed by atoms with Crippen LogP contribution in [0.15, 0.2) is 30.7 Å². The van der Waals surface area contributed by atoms with Crippen molar-refractivity contribution in [2.75, 3.05) is 18.4 Å². The van der Waals surface area contributed by atoms with E-state index >= 15 is 0 Å². The van der Waals surface area contributed by atoms with Crippen molar-refractivity contribution in [1.29, 1.82) is 0 Å². The van der Waals surface area contributed by atoms with Crippen LogP contribution in [0.3, 0.4) is 0 Å². The average molecular weight is 358 g/mol. The number of amides is 2. The minimum absolute atomic E-state index is 0.108. The molecule has 2 aromatic rings. The van der Waals surface area contributed by atoms with Gasteiger partial charge in [-0.2, -0.15) is 10.2 Å². The number of hydrogen-bond donors (Lipinski definition) is 1. The molecule has 1 N–H and O–H groups in total. The molecule has 2 amide bonds. The maximum atomic E-state index is 13.1. The summed E-state index contributed by atoms with van der Waals surface area (Å²) < 4.78 is 3.35.